The van der Waals surface area contributed by atoms with Crippen molar-refractivity contribution in [3.8, 4) is 10.6 Å². The number of anilines is 1. The van der Waals surface area contributed by atoms with Crippen LogP contribution in [-0.2, 0) is 0 Å². The minimum Gasteiger partial charge on any atom is -0.343 e. The number of hydrogen-bond donors (Lipinski definition) is 2. The number of thiophene rings is 1. The molecule has 0 spiro atoms. The van der Waals surface area contributed by atoms with Crippen molar-refractivity contribution in [1.82, 2.24) is 10.3 Å². The number of nitrogens with zero attached hydrogens (tertiary/aromatic N) is 1. The maximum atomic E-state index is 12.7. The Hall–Kier alpha value is -2.72. The van der Waals surface area contributed by atoms with Gasteiger partial charge in [-0.25, -0.2) is 4.98 Å². The third-order valence-corrected chi connectivity index (χ3v) is 5.53. The summed E-state index contributed by atoms with van der Waals surface area (Å²) in [5, 5.41) is 8.91. The van der Waals surface area contributed by atoms with Crippen molar-refractivity contribution in [3.05, 3.63) is 57.2 Å². The number of nitrogens with one attached hydrogen (secondary N) is 2. The third-order valence-electron chi connectivity index (χ3n) is 3.64. The molecule has 0 bridgehead atoms. The molecule has 0 atom stereocenters. The molecule has 0 saturated carbocycles. The molecule has 2 aromatic heterocycles. The minimum absolute atomic E-state index is 0.0553. The number of hydrogen-bond acceptors (Lipinski definition) is 5. The van der Waals surface area contributed by atoms with E-state index in [0.29, 0.717) is 15.6 Å². The highest BCUT2D eigenvalue weighted by Gasteiger charge is 2.28. The van der Waals surface area contributed by atoms with Gasteiger partial charge in [0.1, 0.15) is 16.4 Å². The molecule has 2 amide bonds. The zero-order valence-corrected chi connectivity index (χ0v) is 16.1. The lowest BCUT2D eigenvalue weighted by atomic mass is 10.1. The summed E-state index contributed by atoms with van der Waals surface area (Å²) in [6, 6.07) is 7.77. The van der Waals surface area contributed by atoms with Gasteiger partial charge in [-0.1, -0.05) is 12.1 Å². The van der Waals surface area contributed by atoms with Gasteiger partial charge in [0, 0.05) is 10.9 Å². The molecule has 5 nitrogen and oxygen atoms in total. The van der Waals surface area contributed by atoms with Gasteiger partial charge in [-0.15, -0.1) is 11.3 Å². The van der Waals surface area contributed by atoms with E-state index in [1.165, 1.54) is 40.9 Å². The molecule has 0 aliphatic heterocycles. The van der Waals surface area contributed by atoms with Crippen LogP contribution >= 0.6 is 22.7 Å². The maximum Gasteiger partial charge on any atom is 0.405 e. The van der Waals surface area contributed by atoms with E-state index in [0.717, 1.165) is 5.56 Å². The van der Waals surface area contributed by atoms with Gasteiger partial charge in [0.05, 0.1) is 16.9 Å². The zero-order chi connectivity index (χ0) is 20.3. The fourth-order valence-corrected chi connectivity index (χ4v) is 4.03. The smallest absolute Gasteiger partial charge is 0.343 e. The number of amides is 2. The molecule has 1 aromatic carbocycles. The van der Waals surface area contributed by atoms with Crippen LogP contribution in [0.3, 0.4) is 0 Å². The van der Waals surface area contributed by atoms with E-state index in [1.807, 2.05) is 16.8 Å². The highest BCUT2D eigenvalue weighted by molar-refractivity contribution is 7.17. The van der Waals surface area contributed by atoms with Crippen molar-refractivity contribution in [1.29, 1.82) is 0 Å². The summed E-state index contributed by atoms with van der Waals surface area (Å²) in [7, 11) is 0. The number of benzene rings is 1. The van der Waals surface area contributed by atoms with E-state index < -0.39 is 24.5 Å². The van der Waals surface area contributed by atoms with Crippen LogP contribution in [0, 0.1) is 6.92 Å². The van der Waals surface area contributed by atoms with E-state index in [1.54, 1.807) is 18.3 Å². The normalized spacial score (nSPS) is 11.3. The summed E-state index contributed by atoms with van der Waals surface area (Å²) in [5.41, 5.74) is 1.50. The highest BCUT2D eigenvalue weighted by Crippen LogP contribution is 2.30. The van der Waals surface area contributed by atoms with E-state index >= 15 is 0 Å². The summed E-state index contributed by atoms with van der Waals surface area (Å²) in [6.45, 7) is 0.245. The zero-order valence-electron chi connectivity index (χ0n) is 14.5. The van der Waals surface area contributed by atoms with E-state index in [9.17, 15) is 22.8 Å². The van der Waals surface area contributed by atoms with Gasteiger partial charge in [-0.3, -0.25) is 9.59 Å². The first-order valence-electron chi connectivity index (χ1n) is 8.00. The number of para-hydroxylation sites is 1. The molecular weight excluding hydrogens is 411 g/mol. The van der Waals surface area contributed by atoms with Crippen LogP contribution in [-0.4, -0.2) is 29.5 Å². The largest absolute Gasteiger partial charge is 0.405 e. The van der Waals surface area contributed by atoms with Crippen molar-refractivity contribution in [2.45, 2.75) is 13.1 Å². The van der Waals surface area contributed by atoms with E-state index in [4.69, 9.17) is 0 Å². The number of aryl methyl sites for hydroxylation is 1. The topological polar surface area (TPSA) is 71.1 Å². The fourth-order valence-electron chi connectivity index (χ4n) is 2.36. The molecule has 0 aliphatic carbocycles. The first kappa shape index (κ1) is 20.0. The number of alkyl halides is 3. The molecule has 0 unspecified atom stereocenters. The van der Waals surface area contributed by atoms with Crippen LogP contribution in [0.15, 0.2) is 41.1 Å². The Morgan fingerprint density at radius 2 is 1.89 bits per heavy atom. The minimum atomic E-state index is -4.52. The van der Waals surface area contributed by atoms with Crippen LogP contribution in [0.5, 0.6) is 0 Å². The Labute approximate surface area is 166 Å². The molecule has 10 heteroatoms. The number of rotatable bonds is 5. The summed E-state index contributed by atoms with van der Waals surface area (Å²) < 4.78 is 37.0. The van der Waals surface area contributed by atoms with Gasteiger partial charge in [0.25, 0.3) is 11.8 Å². The number of thiazole rings is 1. The van der Waals surface area contributed by atoms with Gasteiger partial charge in [0.15, 0.2) is 0 Å². The Bertz CT molecular complexity index is 998. The summed E-state index contributed by atoms with van der Waals surface area (Å²) in [5.74, 6) is -1.40. The lowest BCUT2D eigenvalue weighted by molar-refractivity contribution is -0.123. The summed E-state index contributed by atoms with van der Waals surface area (Å²) in [6.07, 6.45) is -4.52. The number of carbonyl (C=O) groups excluding carboxylic acids is 2. The molecule has 2 heterocycles. The monoisotopic (exact) mass is 425 g/mol. The molecule has 146 valence electrons. The van der Waals surface area contributed by atoms with Crippen LogP contribution < -0.4 is 10.6 Å². The molecule has 0 aliphatic rings. The second kappa shape index (κ2) is 8.11. The van der Waals surface area contributed by atoms with Crippen LogP contribution in [0.4, 0.5) is 18.9 Å². The van der Waals surface area contributed by atoms with Crippen molar-refractivity contribution in [2.75, 3.05) is 11.9 Å². The van der Waals surface area contributed by atoms with Gasteiger partial charge in [0.2, 0.25) is 0 Å². The Kier molecular flexibility index (Phi) is 5.80. The van der Waals surface area contributed by atoms with Gasteiger partial charge in [-0.05, 0) is 30.5 Å². The van der Waals surface area contributed by atoms with Crippen molar-refractivity contribution in [2.24, 2.45) is 0 Å². The van der Waals surface area contributed by atoms with E-state index in [2.05, 4.69) is 10.3 Å². The van der Waals surface area contributed by atoms with Crippen molar-refractivity contribution in [3.63, 3.8) is 0 Å². The Balaban J connectivity index is 1.79. The second-order valence-corrected chi connectivity index (χ2v) is 7.52. The van der Waals surface area contributed by atoms with Crippen molar-refractivity contribution >= 4 is 40.2 Å². The lowest BCUT2D eigenvalue weighted by Gasteiger charge is -2.12. The average molecular weight is 425 g/mol. The number of halogens is 3. The Morgan fingerprint density at radius 3 is 2.57 bits per heavy atom. The summed E-state index contributed by atoms with van der Waals surface area (Å²) >= 11 is 2.72. The number of carbonyl (C=O) groups is 2. The molecular formula is C18H14F3N3O2S2. The summed E-state index contributed by atoms with van der Waals surface area (Å²) in [4.78, 5) is 29.5. The SMILES string of the molecule is Cc1nc(-c2ccsc2)sc1C(=O)Nc1ccccc1C(=O)NCC(F)(F)F. The molecule has 3 aromatic rings. The standard InChI is InChI=1S/C18H14F3N3O2S2/c1-10-14(28-17(23-10)11-6-7-27-8-11)16(26)24-13-5-3-2-4-12(13)15(25)22-9-18(19,20)21/h2-8H,9H2,1H3,(H,22,25)(H,24,26). The molecule has 0 saturated heterocycles. The van der Waals surface area contributed by atoms with Gasteiger partial charge in [-0.2, -0.15) is 24.5 Å². The van der Waals surface area contributed by atoms with Gasteiger partial charge >= 0.3 is 6.18 Å². The highest BCUT2D eigenvalue weighted by atomic mass is 32.1. The molecule has 0 fully saturated rings. The molecule has 2 N–H and O–H groups in total. The fraction of sp³-hybridized carbons (Fsp3) is 0.167. The lowest BCUT2D eigenvalue weighted by Crippen LogP contribution is -2.34. The van der Waals surface area contributed by atoms with Crippen LogP contribution in [0.2, 0.25) is 0 Å². The maximum absolute atomic E-state index is 12.7. The van der Waals surface area contributed by atoms with Gasteiger partial charge < -0.3 is 10.6 Å². The second-order valence-electron chi connectivity index (χ2n) is 5.74. The average Bonchev–Trinajstić information content (AvgIpc) is 3.29. The number of aromatic nitrogens is 1. The Morgan fingerprint density at radius 1 is 1.14 bits per heavy atom. The predicted octanol–water partition coefficient (Wildman–Crippen LogP) is 4.72. The van der Waals surface area contributed by atoms with Crippen molar-refractivity contribution < 1.29 is 22.8 Å². The molecule has 3 rings (SSSR count). The van der Waals surface area contributed by atoms with E-state index in [-0.39, 0.29) is 11.3 Å². The first-order chi connectivity index (χ1) is 13.2. The van der Waals surface area contributed by atoms with Crippen LogP contribution in [0.25, 0.3) is 10.6 Å². The molecule has 28 heavy (non-hydrogen) atoms. The quantitative estimate of drug-likeness (QED) is 0.621. The third kappa shape index (κ3) is 4.76. The first-order valence-corrected chi connectivity index (χ1v) is 9.76. The predicted molar refractivity (Wildman–Crippen MR) is 103 cm³/mol. The van der Waals surface area contributed by atoms with Crippen LogP contribution in [0.1, 0.15) is 25.7 Å². The molecule has 0 radical (unpaired) electrons.